The predicted octanol–water partition coefficient (Wildman–Crippen LogP) is 8.26. The number of likely N-dealkylation sites (tertiary alicyclic amines) is 1. The second kappa shape index (κ2) is 12.9. The molecule has 3 aliphatic heterocycles. The van der Waals surface area contributed by atoms with Crippen LogP contribution < -0.4 is 10.1 Å². The van der Waals surface area contributed by atoms with Gasteiger partial charge in [-0.25, -0.2) is 0 Å². The molecule has 3 aliphatic rings. The second-order valence-corrected chi connectivity index (χ2v) is 15.1. The fraction of sp³-hybridized carbons (Fsp3) is 0.429. The van der Waals surface area contributed by atoms with Crippen LogP contribution in [-0.4, -0.2) is 55.0 Å². The van der Waals surface area contributed by atoms with Crippen molar-refractivity contribution in [3.05, 3.63) is 91.0 Å². The maximum Gasteiger partial charge on any atom is 0.320 e. The van der Waals surface area contributed by atoms with Gasteiger partial charge in [0.2, 0.25) is 0 Å². The fourth-order valence-corrected chi connectivity index (χ4v) is 7.90. The summed E-state index contributed by atoms with van der Waals surface area (Å²) < 4.78 is 13.5. The van der Waals surface area contributed by atoms with E-state index in [-0.39, 0.29) is 24.0 Å². The highest BCUT2D eigenvalue weighted by molar-refractivity contribution is 14.1. The van der Waals surface area contributed by atoms with Gasteiger partial charge in [-0.15, -0.1) is 0 Å². The van der Waals surface area contributed by atoms with Gasteiger partial charge in [0.15, 0.2) is 0 Å². The summed E-state index contributed by atoms with van der Waals surface area (Å²) in [6, 6.07) is 20.7. The molecule has 2 saturated heterocycles. The predicted molar refractivity (Wildman–Crippen MR) is 186 cm³/mol. The van der Waals surface area contributed by atoms with Crippen molar-refractivity contribution < 1.29 is 14.3 Å². The van der Waals surface area contributed by atoms with Crippen molar-refractivity contribution in [1.29, 1.82) is 0 Å². The summed E-state index contributed by atoms with van der Waals surface area (Å²) in [5.74, 6) is 0.843. The molecule has 3 heterocycles. The fourth-order valence-electron chi connectivity index (χ4n) is 7.02. The minimum Gasteiger partial charge on any atom is -0.490 e. The van der Waals surface area contributed by atoms with E-state index in [1.807, 2.05) is 45.0 Å². The molecule has 0 radical (unpaired) electrons. The molecule has 6 nitrogen and oxygen atoms in total. The first-order chi connectivity index (χ1) is 21.0. The lowest BCUT2D eigenvalue weighted by Crippen LogP contribution is -2.51. The van der Waals surface area contributed by atoms with Gasteiger partial charge in [-0.3, -0.25) is 14.7 Å². The molecule has 1 N–H and O–H groups in total. The molecule has 0 saturated carbocycles. The number of hydrogen-bond acceptors (Lipinski definition) is 6. The van der Waals surface area contributed by atoms with Crippen LogP contribution in [0.4, 0.5) is 5.69 Å². The lowest BCUT2D eigenvalue weighted by atomic mass is 9.60. The lowest BCUT2D eigenvalue weighted by molar-refractivity contribution is -0.156. The Bertz CT molecular complexity index is 1570. The van der Waals surface area contributed by atoms with Crippen LogP contribution in [0.2, 0.25) is 10.0 Å². The van der Waals surface area contributed by atoms with Gasteiger partial charge in [0.05, 0.1) is 23.7 Å². The first kappa shape index (κ1) is 31.8. The number of carbonyl (C=O) groups excluding carboxylic acids is 1. The SMILES string of the molecule is CC(C)(C)OC(=O)CN1CCC(Oc2ccc(I)cc2[C@@H]2NCC[C@@H](c3cccc(Cl)c3)[C@]23C=Nc2cc(Cl)ccc23)CC1. The van der Waals surface area contributed by atoms with Crippen LogP contribution in [0.3, 0.4) is 0 Å². The van der Waals surface area contributed by atoms with Crippen LogP contribution in [0.25, 0.3) is 0 Å². The van der Waals surface area contributed by atoms with E-state index in [4.69, 9.17) is 37.7 Å². The van der Waals surface area contributed by atoms with Gasteiger partial charge in [0.1, 0.15) is 17.5 Å². The average molecular weight is 747 g/mol. The number of fused-ring (bicyclic) bond motifs is 2. The van der Waals surface area contributed by atoms with E-state index in [0.717, 1.165) is 70.1 Å². The average Bonchev–Trinajstić information content (AvgIpc) is 3.32. The van der Waals surface area contributed by atoms with Crippen molar-refractivity contribution in [2.45, 2.75) is 69.1 Å². The van der Waals surface area contributed by atoms with Crippen molar-refractivity contribution >= 4 is 63.7 Å². The van der Waals surface area contributed by atoms with Crippen molar-refractivity contribution in [1.82, 2.24) is 10.2 Å². The summed E-state index contributed by atoms with van der Waals surface area (Å²) in [5, 5.41) is 5.30. The van der Waals surface area contributed by atoms with Gasteiger partial charge in [0, 0.05) is 44.4 Å². The Morgan fingerprint density at radius 1 is 1.05 bits per heavy atom. The molecule has 0 unspecified atom stereocenters. The number of benzene rings is 3. The smallest absolute Gasteiger partial charge is 0.320 e. The highest BCUT2D eigenvalue weighted by atomic mass is 127. The minimum atomic E-state index is -0.479. The summed E-state index contributed by atoms with van der Waals surface area (Å²) in [6.45, 7) is 8.42. The Balaban J connectivity index is 1.31. The van der Waals surface area contributed by atoms with Crippen LogP contribution in [0.5, 0.6) is 5.75 Å². The molecule has 3 aromatic rings. The molecule has 1 spiro atoms. The molecular formula is C35H38Cl2IN3O3. The molecule has 3 atom stereocenters. The largest absolute Gasteiger partial charge is 0.490 e. The van der Waals surface area contributed by atoms with Gasteiger partial charge in [-0.05, 0) is 123 Å². The monoisotopic (exact) mass is 745 g/mol. The Hall–Kier alpha value is -2.17. The third-order valence-electron chi connectivity index (χ3n) is 8.81. The van der Waals surface area contributed by atoms with Crippen LogP contribution in [0, 0.1) is 3.57 Å². The number of nitrogens with zero attached hydrogens (tertiary/aromatic N) is 2. The second-order valence-electron chi connectivity index (χ2n) is 13.0. The molecule has 0 aliphatic carbocycles. The molecule has 0 bridgehead atoms. The van der Waals surface area contributed by atoms with E-state index in [0.29, 0.717) is 11.6 Å². The van der Waals surface area contributed by atoms with Crippen molar-refractivity contribution in [3.63, 3.8) is 0 Å². The third kappa shape index (κ3) is 6.68. The van der Waals surface area contributed by atoms with Crippen LogP contribution >= 0.6 is 45.8 Å². The number of ether oxygens (including phenoxy) is 2. The van der Waals surface area contributed by atoms with E-state index in [9.17, 15) is 4.79 Å². The molecule has 0 amide bonds. The van der Waals surface area contributed by atoms with Crippen molar-refractivity contribution in [2.24, 2.45) is 4.99 Å². The highest BCUT2D eigenvalue weighted by Gasteiger charge is 2.53. The Morgan fingerprint density at radius 2 is 1.82 bits per heavy atom. The zero-order chi connectivity index (χ0) is 31.1. The molecule has 44 heavy (non-hydrogen) atoms. The first-order valence-electron chi connectivity index (χ1n) is 15.3. The quantitative estimate of drug-likeness (QED) is 0.204. The molecule has 3 aromatic carbocycles. The van der Waals surface area contributed by atoms with E-state index in [2.05, 4.69) is 75.4 Å². The Kier molecular flexibility index (Phi) is 9.33. The topological polar surface area (TPSA) is 63.2 Å². The number of piperidine rings is 2. The van der Waals surface area contributed by atoms with Crippen LogP contribution in [0.15, 0.2) is 65.7 Å². The number of rotatable bonds is 6. The summed E-state index contributed by atoms with van der Waals surface area (Å²) in [7, 11) is 0. The number of esters is 1. The first-order valence-corrected chi connectivity index (χ1v) is 17.1. The summed E-state index contributed by atoms with van der Waals surface area (Å²) in [4.78, 5) is 19.5. The molecule has 232 valence electrons. The number of hydrogen-bond donors (Lipinski definition) is 1. The zero-order valence-corrected chi connectivity index (χ0v) is 29.0. The zero-order valence-electron chi connectivity index (χ0n) is 25.3. The number of halogens is 3. The van der Waals surface area contributed by atoms with Gasteiger partial charge in [-0.1, -0.05) is 41.4 Å². The molecule has 2 fully saturated rings. The van der Waals surface area contributed by atoms with Crippen LogP contribution in [0.1, 0.15) is 68.7 Å². The van der Waals surface area contributed by atoms with Gasteiger partial charge in [0.25, 0.3) is 0 Å². The number of aliphatic imine (C=N–C) groups is 1. The number of carbonyl (C=O) groups is 1. The van der Waals surface area contributed by atoms with Crippen LogP contribution in [-0.2, 0) is 14.9 Å². The number of nitrogens with one attached hydrogen (secondary N) is 1. The lowest BCUT2D eigenvalue weighted by Gasteiger charge is -2.48. The Labute approximate surface area is 283 Å². The van der Waals surface area contributed by atoms with E-state index < -0.39 is 11.0 Å². The maximum atomic E-state index is 12.4. The van der Waals surface area contributed by atoms with Crippen molar-refractivity contribution in [2.75, 3.05) is 26.2 Å². The summed E-state index contributed by atoms with van der Waals surface area (Å²) >= 11 is 15.4. The van der Waals surface area contributed by atoms with E-state index in [1.165, 1.54) is 5.56 Å². The van der Waals surface area contributed by atoms with Gasteiger partial charge >= 0.3 is 5.97 Å². The van der Waals surface area contributed by atoms with E-state index in [1.54, 1.807) is 0 Å². The van der Waals surface area contributed by atoms with Crippen molar-refractivity contribution in [3.8, 4) is 5.75 Å². The highest BCUT2D eigenvalue weighted by Crippen LogP contribution is 2.57. The van der Waals surface area contributed by atoms with E-state index >= 15 is 0 Å². The molecule has 9 heteroatoms. The molecule has 0 aromatic heterocycles. The standard InChI is InChI=1S/C35H38Cl2IN3O3/c1-34(2,3)44-32(42)20-41-15-12-26(13-16-41)43-31-10-8-25(38)19-27(31)33-35(21-40-30-18-24(37)7-9-29(30)35)28(11-14-39-33)22-5-4-6-23(36)17-22/h4-10,17-19,21,26,28,33,39H,11-16,20H2,1-3H3/t28-,33-,35-/m0/s1. The van der Waals surface area contributed by atoms with Gasteiger partial charge < -0.3 is 14.8 Å². The third-order valence-corrected chi connectivity index (χ3v) is 9.96. The summed E-state index contributed by atoms with van der Waals surface area (Å²) in [6.07, 6.45) is 4.79. The Morgan fingerprint density at radius 3 is 2.57 bits per heavy atom. The maximum absolute atomic E-state index is 12.4. The molecule has 6 rings (SSSR count). The molecular weight excluding hydrogens is 708 g/mol. The normalized spacial score (nSPS) is 24.0. The van der Waals surface area contributed by atoms with Gasteiger partial charge in [-0.2, -0.15) is 0 Å². The summed E-state index contributed by atoms with van der Waals surface area (Å²) in [5.41, 5.74) is 3.43. The minimum absolute atomic E-state index is 0.0512.